The third-order valence-electron chi connectivity index (χ3n) is 6.32. The molecule has 1 saturated heterocycles. The molecule has 0 atom stereocenters. The Balaban J connectivity index is 0.000000591. The number of anilines is 2. The molecule has 2 aromatic heterocycles. The quantitative estimate of drug-likeness (QED) is 0.160. The Morgan fingerprint density at radius 1 is 1.04 bits per heavy atom. The van der Waals surface area contributed by atoms with E-state index in [1.165, 1.54) is 40.1 Å². The second kappa shape index (κ2) is 14.9. The minimum absolute atomic E-state index is 0.210. The van der Waals surface area contributed by atoms with Gasteiger partial charge in [-0.25, -0.2) is 23.9 Å². The number of methoxy groups -OCH3 is 1. The van der Waals surface area contributed by atoms with Crippen LogP contribution in [0, 0.1) is 5.82 Å². The SMILES string of the molecule is COc1cccc(Sc2cnc(Nc3nc(C4CCN(C(=O)O)CC4)cs3)c(Oc3ccc(F)cc3)c2)c1.O=C(O)C(F)(F)F. The Morgan fingerprint density at radius 2 is 1.73 bits per heavy atom. The zero-order valence-electron chi connectivity index (χ0n) is 23.5. The molecule has 10 nitrogen and oxygen atoms in total. The number of carbonyl (C=O) groups is 2. The Labute approximate surface area is 262 Å². The van der Waals surface area contributed by atoms with Crippen molar-refractivity contribution in [3.63, 3.8) is 0 Å². The molecule has 238 valence electrons. The highest BCUT2D eigenvalue weighted by molar-refractivity contribution is 7.99. The lowest BCUT2D eigenvalue weighted by Gasteiger charge is -2.28. The van der Waals surface area contributed by atoms with Gasteiger partial charge >= 0.3 is 18.2 Å². The average molecular weight is 667 g/mol. The molecule has 1 amide bonds. The number of aliphatic carboxylic acids is 1. The molecule has 2 aromatic carbocycles. The van der Waals surface area contributed by atoms with Gasteiger partial charge in [0, 0.05) is 46.4 Å². The average Bonchev–Trinajstić information content (AvgIpc) is 3.48. The molecule has 0 radical (unpaired) electrons. The van der Waals surface area contributed by atoms with Crippen LogP contribution < -0.4 is 14.8 Å². The van der Waals surface area contributed by atoms with Gasteiger partial charge in [0.1, 0.15) is 17.3 Å². The third-order valence-corrected chi connectivity index (χ3v) is 8.04. The van der Waals surface area contributed by atoms with Crippen LogP contribution in [0.5, 0.6) is 17.2 Å². The normalized spacial score (nSPS) is 13.4. The van der Waals surface area contributed by atoms with E-state index in [1.54, 1.807) is 25.4 Å². The number of ether oxygens (including phenoxy) is 2. The number of likely N-dealkylation sites (tertiary alicyclic amines) is 1. The summed E-state index contributed by atoms with van der Waals surface area (Å²) < 4.78 is 56.6. The zero-order valence-corrected chi connectivity index (χ0v) is 25.1. The number of thiazole rings is 1. The van der Waals surface area contributed by atoms with Crippen LogP contribution in [-0.2, 0) is 4.79 Å². The smallest absolute Gasteiger partial charge is 0.490 e. The van der Waals surface area contributed by atoms with E-state index in [1.807, 2.05) is 35.7 Å². The Morgan fingerprint density at radius 3 is 2.36 bits per heavy atom. The second-order valence-corrected chi connectivity index (χ2v) is 11.4. The lowest BCUT2D eigenvalue weighted by Crippen LogP contribution is -2.36. The van der Waals surface area contributed by atoms with Crippen LogP contribution in [0.1, 0.15) is 24.5 Å². The maximum absolute atomic E-state index is 13.4. The number of rotatable bonds is 8. The van der Waals surface area contributed by atoms with E-state index in [9.17, 15) is 27.5 Å². The molecule has 5 rings (SSSR count). The molecule has 1 fully saturated rings. The van der Waals surface area contributed by atoms with E-state index in [0.717, 1.165) is 34.1 Å². The summed E-state index contributed by atoms with van der Waals surface area (Å²) in [6.45, 7) is 1.01. The fraction of sp³-hybridized carbons (Fsp3) is 0.241. The monoisotopic (exact) mass is 666 g/mol. The van der Waals surface area contributed by atoms with Crippen molar-refractivity contribution in [3.05, 3.63) is 77.7 Å². The van der Waals surface area contributed by atoms with Crippen LogP contribution in [0.25, 0.3) is 0 Å². The number of pyridine rings is 1. The highest BCUT2D eigenvalue weighted by atomic mass is 32.2. The van der Waals surface area contributed by atoms with Crippen molar-refractivity contribution in [1.82, 2.24) is 14.9 Å². The zero-order chi connectivity index (χ0) is 32.6. The van der Waals surface area contributed by atoms with Crippen LogP contribution in [0.2, 0.25) is 0 Å². The van der Waals surface area contributed by atoms with Crippen molar-refractivity contribution in [2.24, 2.45) is 0 Å². The van der Waals surface area contributed by atoms with Crippen molar-refractivity contribution in [2.75, 3.05) is 25.5 Å². The Bertz CT molecular complexity index is 1610. The Hall–Kier alpha value is -4.57. The summed E-state index contributed by atoms with van der Waals surface area (Å²) in [5.74, 6) is -0.709. The van der Waals surface area contributed by atoms with Crippen molar-refractivity contribution >= 4 is 46.1 Å². The number of carboxylic acids is 1. The van der Waals surface area contributed by atoms with E-state index in [0.29, 0.717) is 35.5 Å². The van der Waals surface area contributed by atoms with E-state index >= 15 is 0 Å². The summed E-state index contributed by atoms with van der Waals surface area (Å²) in [4.78, 5) is 32.7. The molecular weight excluding hydrogens is 640 g/mol. The first-order valence-electron chi connectivity index (χ1n) is 13.2. The molecule has 0 unspecified atom stereocenters. The number of benzene rings is 2. The predicted octanol–water partition coefficient (Wildman–Crippen LogP) is 7.86. The first-order chi connectivity index (χ1) is 21.4. The van der Waals surface area contributed by atoms with Gasteiger partial charge in [0.25, 0.3) is 0 Å². The van der Waals surface area contributed by atoms with Gasteiger partial charge in [0.2, 0.25) is 0 Å². The van der Waals surface area contributed by atoms with Crippen molar-refractivity contribution in [1.29, 1.82) is 0 Å². The van der Waals surface area contributed by atoms with Gasteiger partial charge in [-0.15, -0.1) is 11.3 Å². The topological polar surface area (TPSA) is 134 Å². The molecule has 0 aliphatic carbocycles. The molecule has 0 spiro atoms. The molecule has 45 heavy (non-hydrogen) atoms. The molecular formula is C29H26F4N4O6S2. The Kier molecular flexibility index (Phi) is 11.1. The number of alkyl halides is 3. The largest absolute Gasteiger partial charge is 0.497 e. The van der Waals surface area contributed by atoms with E-state index in [4.69, 9.17) is 24.4 Å². The van der Waals surface area contributed by atoms with Gasteiger partial charge in [-0.2, -0.15) is 13.2 Å². The van der Waals surface area contributed by atoms with E-state index < -0.39 is 18.2 Å². The van der Waals surface area contributed by atoms with Crippen molar-refractivity contribution in [3.8, 4) is 17.2 Å². The summed E-state index contributed by atoms with van der Waals surface area (Å²) in [5, 5.41) is 22.2. The molecule has 4 aromatic rings. The van der Waals surface area contributed by atoms with E-state index in [-0.39, 0.29) is 11.7 Å². The number of halogens is 4. The summed E-state index contributed by atoms with van der Waals surface area (Å²) in [7, 11) is 1.63. The molecule has 1 aliphatic heterocycles. The summed E-state index contributed by atoms with van der Waals surface area (Å²) in [5.41, 5.74) is 0.939. The number of aromatic nitrogens is 2. The second-order valence-electron chi connectivity index (χ2n) is 9.40. The lowest BCUT2D eigenvalue weighted by atomic mass is 9.94. The van der Waals surface area contributed by atoms with Gasteiger partial charge in [0.05, 0.1) is 12.8 Å². The number of nitrogens with one attached hydrogen (secondary N) is 1. The number of hydrogen-bond acceptors (Lipinski definition) is 9. The summed E-state index contributed by atoms with van der Waals surface area (Å²) in [6.07, 6.45) is -2.73. The van der Waals surface area contributed by atoms with Crippen molar-refractivity contribution < 1.29 is 46.8 Å². The van der Waals surface area contributed by atoms with E-state index in [2.05, 4.69) is 10.3 Å². The van der Waals surface area contributed by atoms with Gasteiger partial charge in [-0.1, -0.05) is 17.8 Å². The maximum Gasteiger partial charge on any atom is 0.490 e. The van der Waals surface area contributed by atoms with Gasteiger partial charge < -0.3 is 29.9 Å². The minimum Gasteiger partial charge on any atom is -0.497 e. The molecule has 1 aliphatic rings. The highest BCUT2D eigenvalue weighted by Crippen LogP contribution is 2.38. The highest BCUT2D eigenvalue weighted by Gasteiger charge is 2.38. The van der Waals surface area contributed by atoms with Crippen LogP contribution in [0.3, 0.4) is 0 Å². The van der Waals surface area contributed by atoms with Crippen LogP contribution in [-0.4, -0.2) is 63.5 Å². The van der Waals surface area contributed by atoms with Gasteiger partial charge in [-0.05, 0) is 55.3 Å². The maximum atomic E-state index is 13.4. The fourth-order valence-corrected chi connectivity index (χ4v) is 5.74. The number of amides is 1. The fourth-order valence-electron chi connectivity index (χ4n) is 4.08. The van der Waals surface area contributed by atoms with Gasteiger partial charge in [-0.3, -0.25) is 0 Å². The third kappa shape index (κ3) is 9.71. The van der Waals surface area contributed by atoms with Crippen LogP contribution >= 0.6 is 23.1 Å². The molecule has 3 heterocycles. The molecule has 3 N–H and O–H groups in total. The number of nitrogens with zero attached hydrogens (tertiary/aromatic N) is 3. The number of carboxylic acid groups (broad SMARTS) is 2. The minimum atomic E-state index is -5.08. The number of hydrogen-bond donors (Lipinski definition) is 3. The predicted molar refractivity (Wildman–Crippen MR) is 158 cm³/mol. The van der Waals surface area contributed by atoms with Crippen LogP contribution in [0.4, 0.5) is 33.3 Å². The van der Waals surface area contributed by atoms with Gasteiger partial charge in [0.15, 0.2) is 16.7 Å². The van der Waals surface area contributed by atoms with Crippen molar-refractivity contribution in [2.45, 2.75) is 34.7 Å². The first kappa shape index (κ1) is 33.3. The molecule has 0 saturated carbocycles. The number of piperidine rings is 1. The van der Waals surface area contributed by atoms with Crippen LogP contribution in [0.15, 0.2) is 76.0 Å². The molecule has 0 bridgehead atoms. The summed E-state index contributed by atoms with van der Waals surface area (Å²) >= 11 is 2.97. The summed E-state index contributed by atoms with van der Waals surface area (Å²) in [6, 6.07) is 15.4. The first-order valence-corrected chi connectivity index (χ1v) is 14.9. The molecule has 16 heteroatoms. The lowest BCUT2D eigenvalue weighted by molar-refractivity contribution is -0.192. The standard InChI is InChI=1S/C27H25FN4O4S2.C2HF3O2/c1-35-20-3-2-4-21(13-20)38-22-14-24(36-19-7-5-18(28)6-8-19)25(29-15-22)31-26-30-23(16-37-26)17-9-11-32(12-10-17)27(33)34;3-2(4,5)1(6)7/h2-8,13-17H,9-12H2,1H3,(H,33,34)(H,29,30,31);(H,6,7).